The van der Waals surface area contributed by atoms with Crippen molar-refractivity contribution in [2.45, 2.75) is 24.9 Å². The first-order chi connectivity index (χ1) is 12.0. The van der Waals surface area contributed by atoms with E-state index in [-0.39, 0.29) is 18.4 Å². The van der Waals surface area contributed by atoms with Gasteiger partial charge in [-0.1, -0.05) is 5.16 Å². The molecule has 0 aromatic carbocycles. The summed E-state index contributed by atoms with van der Waals surface area (Å²) >= 11 is 0. The summed E-state index contributed by atoms with van der Waals surface area (Å²) in [6.07, 6.45) is 2.49. The lowest BCUT2D eigenvalue weighted by Gasteiger charge is -2.21. The Kier molecular flexibility index (Phi) is 3.70. The monoisotopic (exact) mass is 346 g/mol. The number of amides is 2. The Morgan fingerprint density at radius 2 is 2.28 bits per heavy atom. The molecule has 2 saturated heterocycles. The minimum atomic E-state index is -0.557. The molecule has 2 fully saturated rings. The smallest absolute Gasteiger partial charge is 0.410 e. The summed E-state index contributed by atoms with van der Waals surface area (Å²) in [7, 11) is 1.70. The van der Waals surface area contributed by atoms with Crippen LogP contribution in [0, 0.1) is 0 Å². The number of rotatable bonds is 4. The third-order valence-corrected chi connectivity index (χ3v) is 4.57. The van der Waals surface area contributed by atoms with Crippen LogP contribution in [0.5, 0.6) is 0 Å². The number of ether oxygens (including phenoxy) is 1. The maximum Gasteiger partial charge on any atom is 0.410 e. The van der Waals surface area contributed by atoms with Crippen molar-refractivity contribution in [2.75, 3.05) is 26.7 Å². The average Bonchev–Trinajstić information content (AvgIpc) is 3.35. The second-order valence-corrected chi connectivity index (χ2v) is 6.46. The van der Waals surface area contributed by atoms with Crippen LogP contribution in [0.25, 0.3) is 11.6 Å². The summed E-state index contributed by atoms with van der Waals surface area (Å²) in [6.45, 7) is 1.54. The van der Waals surface area contributed by atoms with Gasteiger partial charge in [0.25, 0.3) is 0 Å². The molecule has 0 bridgehead atoms. The number of furan rings is 1. The minimum absolute atomic E-state index is 0.0137. The molecule has 2 aromatic rings. The van der Waals surface area contributed by atoms with Gasteiger partial charge in [0.1, 0.15) is 0 Å². The van der Waals surface area contributed by atoms with Crippen LogP contribution < -0.4 is 0 Å². The minimum Gasteiger partial charge on any atom is -0.461 e. The van der Waals surface area contributed by atoms with Crippen molar-refractivity contribution >= 4 is 12.0 Å². The van der Waals surface area contributed by atoms with E-state index in [1.165, 1.54) is 6.26 Å². The van der Waals surface area contributed by atoms with Crippen molar-refractivity contribution in [1.29, 1.82) is 0 Å². The SMILES string of the molecule is CN1C[C@@]2(CCN(C(=O)CCc3nc(-c4ccco4)no3)C2)OC1=O. The Labute approximate surface area is 143 Å². The molecule has 4 rings (SSSR count). The van der Waals surface area contributed by atoms with Crippen LogP contribution in [0.3, 0.4) is 0 Å². The molecule has 2 amide bonds. The molecular formula is C16H18N4O5. The van der Waals surface area contributed by atoms with Gasteiger partial charge in [0, 0.05) is 32.9 Å². The van der Waals surface area contributed by atoms with E-state index in [1.807, 2.05) is 0 Å². The van der Waals surface area contributed by atoms with Crippen molar-refractivity contribution in [1.82, 2.24) is 19.9 Å². The van der Waals surface area contributed by atoms with Crippen molar-refractivity contribution in [3.63, 3.8) is 0 Å². The average molecular weight is 346 g/mol. The fraction of sp³-hybridized carbons (Fsp3) is 0.500. The number of carbonyl (C=O) groups excluding carboxylic acids is 2. The summed E-state index contributed by atoms with van der Waals surface area (Å²) in [4.78, 5) is 31.5. The number of hydrogen-bond donors (Lipinski definition) is 0. The van der Waals surface area contributed by atoms with Gasteiger partial charge < -0.3 is 23.5 Å². The topological polar surface area (TPSA) is 102 Å². The van der Waals surface area contributed by atoms with E-state index in [2.05, 4.69) is 10.1 Å². The number of likely N-dealkylation sites (N-methyl/N-ethyl adjacent to an activating group) is 1. The molecule has 1 spiro atoms. The molecule has 0 radical (unpaired) electrons. The number of carbonyl (C=O) groups is 2. The van der Waals surface area contributed by atoms with Gasteiger partial charge in [-0.25, -0.2) is 4.79 Å². The second-order valence-electron chi connectivity index (χ2n) is 6.46. The van der Waals surface area contributed by atoms with Gasteiger partial charge in [-0.2, -0.15) is 4.98 Å². The van der Waals surface area contributed by atoms with Gasteiger partial charge in [-0.05, 0) is 12.1 Å². The predicted molar refractivity (Wildman–Crippen MR) is 83.4 cm³/mol. The van der Waals surface area contributed by atoms with Gasteiger partial charge >= 0.3 is 6.09 Å². The summed E-state index contributed by atoms with van der Waals surface area (Å²) in [6, 6.07) is 3.48. The van der Waals surface area contributed by atoms with Crippen molar-refractivity contribution in [2.24, 2.45) is 0 Å². The molecule has 25 heavy (non-hydrogen) atoms. The lowest BCUT2D eigenvalue weighted by atomic mass is 10.0. The predicted octanol–water partition coefficient (Wildman–Crippen LogP) is 1.32. The van der Waals surface area contributed by atoms with Gasteiger partial charge in [0.2, 0.25) is 17.6 Å². The fourth-order valence-electron chi connectivity index (χ4n) is 3.30. The van der Waals surface area contributed by atoms with E-state index in [0.717, 1.165) is 0 Å². The first-order valence-electron chi connectivity index (χ1n) is 8.13. The summed E-state index contributed by atoms with van der Waals surface area (Å²) in [5, 5.41) is 3.84. The Bertz CT molecular complexity index is 786. The largest absolute Gasteiger partial charge is 0.461 e. The quantitative estimate of drug-likeness (QED) is 0.822. The zero-order valence-electron chi connectivity index (χ0n) is 13.8. The maximum atomic E-state index is 12.4. The summed E-state index contributed by atoms with van der Waals surface area (Å²) < 4.78 is 15.8. The zero-order chi connectivity index (χ0) is 17.4. The third-order valence-electron chi connectivity index (χ3n) is 4.57. The molecule has 9 nitrogen and oxygen atoms in total. The summed E-state index contributed by atoms with van der Waals surface area (Å²) in [5.41, 5.74) is -0.557. The Hall–Kier alpha value is -2.84. The van der Waals surface area contributed by atoms with E-state index in [9.17, 15) is 9.59 Å². The van der Waals surface area contributed by atoms with E-state index in [4.69, 9.17) is 13.7 Å². The number of aromatic nitrogens is 2. The number of nitrogens with zero attached hydrogens (tertiary/aromatic N) is 4. The first kappa shape index (κ1) is 15.7. The molecule has 0 saturated carbocycles. The van der Waals surface area contributed by atoms with Gasteiger partial charge in [-0.15, -0.1) is 0 Å². The van der Waals surface area contributed by atoms with Crippen LogP contribution in [0.15, 0.2) is 27.3 Å². The lowest BCUT2D eigenvalue weighted by molar-refractivity contribution is -0.131. The molecule has 1 atom stereocenters. The molecule has 9 heteroatoms. The van der Waals surface area contributed by atoms with Gasteiger partial charge in [-0.3, -0.25) is 4.79 Å². The second kappa shape index (κ2) is 5.91. The van der Waals surface area contributed by atoms with Crippen molar-refractivity contribution in [3.8, 4) is 11.6 Å². The van der Waals surface area contributed by atoms with Gasteiger partial charge in [0.15, 0.2) is 11.4 Å². The molecule has 0 unspecified atom stereocenters. The van der Waals surface area contributed by atoms with E-state index < -0.39 is 5.60 Å². The zero-order valence-corrected chi connectivity index (χ0v) is 13.8. The molecule has 0 aliphatic carbocycles. The summed E-state index contributed by atoms with van der Waals surface area (Å²) in [5.74, 6) is 1.27. The normalized spacial score (nSPS) is 22.8. The highest BCUT2D eigenvalue weighted by Gasteiger charge is 2.49. The Morgan fingerprint density at radius 3 is 3.00 bits per heavy atom. The first-order valence-corrected chi connectivity index (χ1v) is 8.13. The van der Waals surface area contributed by atoms with E-state index in [0.29, 0.717) is 50.0 Å². The van der Waals surface area contributed by atoms with Crippen LogP contribution in [-0.2, 0) is 16.0 Å². The fourth-order valence-corrected chi connectivity index (χ4v) is 3.30. The van der Waals surface area contributed by atoms with Crippen LogP contribution in [0.4, 0.5) is 4.79 Å². The Balaban J connectivity index is 1.32. The van der Waals surface area contributed by atoms with Gasteiger partial charge in [0.05, 0.1) is 19.4 Å². The third kappa shape index (κ3) is 2.97. The van der Waals surface area contributed by atoms with Crippen LogP contribution in [0.2, 0.25) is 0 Å². The molecule has 2 aliphatic rings. The molecule has 4 heterocycles. The standard InChI is InChI=1S/C16H18N4O5/c1-19-9-16(24-15(19)22)6-7-20(10-16)13(21)5-4-12-17-14(18-25-12)11-3-2-8-23-11/h2-3,8H,4-7,9-10H2,1H3/t16-/m1/s1. The van der Waals surface area contributed by atoms with E-state index in [1.54, 1.807) is 29.0 Å². The molecule has 2 aromatic heterocycles. The number of hydrogen-bond acceptors (Lipinski definition) is 7. The van der Waals surface area contributed by atoms with Crippen molar-refractivity contribution in [3.05, 3.63) is 24.3 Å². The number of likely N-dealkylation sites (tertiary alicyclic amines) is 1. The number of aryl methyl sites for hydroxylation is 1. The highest BCUT2D eigenvalue weighted by atomic mass is 16.6. The molecule has 132 valence electrons. The van der Waals surface area contributed by atoms with Crippen LogP contribution >= 0.6 is 0 Å². The van der Waals surface area contributed by atoms with Crippen molar-refractivity contribution < 1.29 is 23.3 Å². The van der Waals surface area contributed by atoms with E-state index >= 15 is 0 Å². The molecule has 2 aliphatic heterocycles. The highest BCUT2D eigenvalue weighted by Crippen LogP contribution is 2.32. The highest BCUT2D eigenvalue weighted by molar-refractivity contribution is 5.77. The lowest BCUT2D eigenvalue weighted by Crippen LogP contribution is -2.39. The molecule has 0 N–H and O–H groups in total. The van der Waals surface area contributed by atoms with Crippen LogP contribution in [-0.4, -0.2) is 64.2 Å². The maximum absolute atomic E-state index is 12.4. The van der Waals surface area contributed by atoms with Crippen LogP contribution in [0.1, 0.15) is 18.7 Å². The Morgan fingerprint density at radius 1 is 1.40 bits per heavy atom. The molecular weight excluding hydrogens is 328 g/mol.